The number of benzene rings is 3. The lowest BCUT2D eigenvalue weighted by atomic mass is 10.0. The average Bonchev–Trinajstić information content (AvgIpc) is 3.74. The highest BCUT2D eigenvalue weighted by Gasteiger charge is 2.29. The number of anilines is 1. The normalized spacial score (nSPS) is 12.1. The Morgan fingerprint density at radius 1 is 0.796 bits per heavy atom. The lowest BCUT2D eigenvalue weighted by Gasteiger charge is -2.24. The van der Waals surface area contributed by atoms with Gasteiger partial charge in [0.05, 0.1) is 12.3 Å². The van der Waals surface area contributed by atoms with Crippen LogP contribution in [-0.2, 0) is 40.3 Å². The molecule has 0 aliphatic carbocycles. The number of amides is 4. The standard InChI is InChI=1S/C37H39N5O5S2/c1-3-47-28-14-12-24(13-15-28)18-31(42-37(46)34-30(16-17-48-34)40-23(2)43)36(45)41-32(19-27-22-49-33-7-5-4-6-29(27)33)35(44)39-21-26-10-8-25(20-38)9-11-26/h4-17,22,31-32H,3,18-21,38H2,1-2H3,(H,39,44)(H,40,43)(H,41,45)(H,42,46)/t31-,32+/m1/s1. The Morgan fingerprint density at radius 3 is 2.20 bits per heavy atom. The van der Waals surface area contributed by atoms with Crippen LogP contribution in [0, 0.1) is 0 Å². The number of nitrogens with two attached hydrogens (primary N) is 1. The number of rotatable bonds is 15. The predicted octanol–water partition coefficient (Wildman–Crippen LogP) is 5.16. The molecule has 5 aromatic rings. The number of hydrogen-bond donors (Lipinski definition) is 5. The van der Waals surface area contributed by atoms with Gasteiger partial charge in [-0.2, -0.15) is 0 Å². The van der Waals surface area contributed by atoms with Crippen molar-refractivity contribution in [2.24, 2.45) is 5.73 Å². The minimum absolute atomic E-state index is 0.147. The fourth-order valence-electron chi connectivity index (χ4n) is 5.33. The largest absolute Gasteiger partial charge is 0.494 e. The Kier molecular flexibility index (Phi) is 12.1. The average molecular weight is 698 g/mol. The van der Waals surface area contributed by atoms with Crippen molar-refractivity contribution in [2.75, 3.05) is 11.9 Å². The quantitative estimate of drug-likeness (QED) is 0.102. The SMILES string of the molecule is CCOc1ccc(C[C@@H](NC(=O)c2sccc2NC(C)=O)C(=O)N[C@@H](Cc2csc3ccccc23)C(=O)NCc2ccc(CN)cc2)cc1. The highest BCUT2D eigenvalue weighted by Crippen LogP contribution is 2.27. The van der Waals surface area contributed by atoms with E-state index in [1.165, 1.54) is 6.92 Å². The predicted molar refractivity (Wildman–Crippen MR) is 195 cm³/mol. The van der Waals surface area contributed by atoms with Crippen molar-refractivity contribution >= 4 is 62.1 Å². The Labute approximate surface area is 293 Å². The zero-order valence-corrected chi connectivity index (χ0v) is 28.9. The molecule has 0 unspecified atom stereocenters. The van der Waals surface area contributed by atoms with Crippen LogP contribution in [0.25, 0.3) is 10.1 Å². The molecule has 0 fully saturated rings. The third kappa shape index (κ3) is 9.53. The number of fused-ring (bicyclic) bond motifs is 1. The molecule has 5 rings (SSSR count). The van der Waals surface area contributed by atoms with Crippen LogP contribution in [0.2, 0.25) is 0 Å². The molecule has 2 heterocycles. The van der Waals surface area contributed by atoms with Crippen molar-refractivity contribution in [3.63, 3.8) is 0 Å². The number of carbonyl (C=O) groups is 4. The summed E-state index contributed by atoms with van der Waals surface area (Å²) in [6.45, 7) is 4.45. The number of hydrogen-bond acceptors (Lipinski definition) is 8. The summed E-state index contributed by atoms with van der Waals surface area (Å²) in [4.78, 5) is 53.5. The molecule has 4 amide bonds. The van der Waals surface area contributed by atoms with Gasteiger partial charge in [-0.05, 0) is 69.6 Å². The van der Waals surface area contributed by atoms with Crippen LogP contribution in [0.4, 0.5) is 5.69 Å². The molecule has 0 aliphatic rings. The van der Waals surface area contributed by atoms with Gasteiger partial charge in [0.25, 0.3) is 5.91 Å². The van der Waals surface area contributed by atoms with Gasteiger partial charge in [0.1, 0.15) is 22.7 Å². The number of thiophene rings is 2. The van der Waals surface area contributed by atoms with Crippen LogP contribution in [0.1, 0.15) is 45.8 Å². The van der Waals surface area contributed by atoms with Crippen molar-refractivity contribution in [3.8, 4) is 5.75 Å². The summed E-state index contributed by atoms with van der Waals surface area (Å²) in [6.07, 6.45) is 0.392. The van der Waals surface area contributed by atoms with E-state index in [0.717, 1.165) is 43.7 Å². The zero-order chi connectivity index (χ0) is 34.8. The maximum absolute atomic E-state index is 14.1. The van der Waals surface area contributed by atoms with Crippen molar-refractivity contribution < 1.29 is 23.9 Å². The van der Waals surface area contributed by atoms with Gasteiger partial charge >= 0.3 is 0 Å². The second kappa shape index (κ2) is 16.9. The second-order valence-corrected chi connectivity index (χ2v) is 13.2. The third-order valence-electron chi connectivity index (χ3n) is 7.82. The first-order chi connectivity index (χ1) is 23.7. The summed E-state index contributed by atoms with van der Waals surface area (Å²) in [5, 5.41) is 16.2. The molecule has 2 aromatic heterocycles. The van der Waals surface area contributed by atoms with E-state index in [4.69, 9.17) is 10.5 Å². The fraction of sp³-hybridized carbons (Fsp3) is 0.243. The Morgan fingerprint density at radius 2 is 1.49 bits per heavy atom. The number of nitrogens with one attached hydrogen (secondary N) is 4. The van der Waals surface area contributed by atoms with E-state index in [0.29, 0.717) is 24.6 Å². The van der Waals surface area contributed by atoms with Crippen LogP contribution >= 0.6 is 22.7 Å². The smallest absolute Gasteiger partial charge is 0.264 e. The van der Waals surface area contributed by atoms with E-state index in [1.807, 2.05) is 85.1 Å². The molecule has 10 nitrogen and oxygen atoms in total. The second-order valence-electron chi connectivity index (χ2n) is 11.4. The van der Waals surface area contributed by atoms with Crippen LogP contribution in [0.15, 0.2) is 89.6 Å². The lowest BCUT2D eigenvalue weighted by Crippen LogP contribution is -2.55. The van der Waals surface area contributed by atoms with E-state index in [9.17, 15) is 19.2 Å². The minimum atomic E-state index is -1.05. The molecule has 6 N–H and O–H groups in total. The van der Waals surface area contributed by atoms with E-state index >= 15 is 0 Å². The highest BCUT2D eigenvalue weighted by atomic mass is 32.1. The van der Waals surface area contributed by atoms with E-state index in [2.05, 4.69) is 21.3 Å². The molecule has 49 heavy (non-hydrogen) atoms. The minimum Gasteiger partial charge on any atom is -0.494 e. The Bertz CT molecular complexity index is 1900. The summed E-state index contributed by atoms with van der Waals surface area (Å²) in [6, 6.07) is 22.5. The lowest BCUT2D eigenvalue weighted by molar-refractivity contribution is -0.130. The topological polar surface area (TPSA) is 152 Å². The molecule has 0 spiro atoms. The molecule has 12 heteroatoms. The summed E-state index contributed by atoms with van der Waals surface area (Å²) in [5.41, 5.74) is 9.67. The number of carbonyl (C=O) groups excluding carboxylic acids is 4. The van der Waals surface area contributed by atoms with Crippen molar-refractivity contribution in [1.82, 2.24) is 16.0 Å². The molecular weight excluding hydrogens is 659 g/mol. The number of ether oxygens (including phenoxy) is 1. The molecule has 0 aliphatic heterocycles. The molecule has 254 valence electrons. The molecule has 2 atom stereocenters. The van der Waals surface area contributed by atoms with Crippen LogP contribution in [0.5, 0.6) is 5.75 Å². The Balaban J connectivity index is 1.40. The van der Waals surface area contributed by atoms with Gasteiger partial charge < -0.3 is 31.7 Å². The molecular formula is C37H39N5O5S2. The summed E-state index contributed by atoms with van der Waals surface area (Å²) in [5.74, 6) is -1.03. The van der Waals surface area contributed by atoms with Gasteiger partial charge in [-0.15, -0.1) is 22.7 Å². The van der Waals surface area contributed by atoms with Gasteiger partial charge in [0.2, 0.25) is 17.7 Å². The van der Waals surface area contributed by atoms with Crippen LogP contribution in [0.3, 0.4) is 0 Å². The van der Waals surface area contributed by atoms with Crippen LogP contribution in [-0.4, -0.2) is 42.3 Å². The van der Waals surface area contributed by atoms with Crippen molar-refractivity contribution in [1.29, 1.82) is 0 Å². The van der Waals surface area contributed by atoms with E-state index in [1.54, 1.807) is 22.8 Å². The van der Waals surface area contributed by atoms with Crippen molar-refractivity contribution in [2.45, 2.75) is 51.9 Å². The fourth-order valence-corrected chi connectivity index (χ4v) is 7.06. The maximum Gasteiger partial charge on any atom is 0.264 e. The third-order valence-corrected chi connectivity index (χ3v) is 9.75. The molecule has 0 saturated heterocycles. The highest BCUT2D eigenvalue weighted by molar-refractivity contribution is 7.17. The summed E-state index contributed by atoms with van der Waals surface area (Å²) < 4.78 is 6.64. The van der Waals surface area contributed by atoms with Crippen LogP contribution < -0.4 is 31.7 Å². The zero-order valence-electron chi connectivity index (χ0n) is 27.3. The molecule has 0 radical (unpaired) electrons. The first-order valence-corrected chi connectivity index (χ1v) is 17.7. The first-order valence-electron chi connectivity index (χ1n) is 15.9. The van der Waals surface area contributed by atoms with Gasteiger partial charge in [0.15, 0.2) is 0 Å². The van der Waals surface area contributed by atoms with Gasteiger partial charge in [-0.25, -0.2) is 0 Å². The van der Waals surface area contributed by atoms with Gasteiger partial charge in [-0.1, -0.05) is 54.6 Å². The molecule has 0 saturated carbocycles. The molecule has 0 bridgehead atoms. The van der Waals surface area contributed by atoms with Gasteiger partial charge in [0, 0.05) is 37.6 Å². The monoisotopic (exact) mass is 697 g/mol. The van der Waals surface area contributed by atoms with Crippen molar-refractivity contribution in [3.05, 3.63) is 117 Å². The van der Waals surface area contributed by atoms with E-state index < -0.39 is 23.9 Å². The molecule has 3 aromatic carbocycles. The summed E-state index contributed by atoms with van der Waals surface area (Å²) >= 11 is 2.73. The van der Waals surface area contributed by atoms with Gasteiger partial charge in [-0.3, -0.25) is 19.2 Å². The first kappa shape index (κ1) is 35.3. The maximum atomic E-state index is 14.1. The van der Waals surface area contributed by atoms with E-state index in [-0.39, 0.29) is 36.1 Å². The summed E-state index contributed by atoms with van der Waals surface area (Å²) in [7, 11) is 0. The Hall–Kier alpha value is -5.04.